The van der Waals surface area contributed by atoms with Crippen LogP contribution in [0.3, 0.4) is 0 Å². The van der Waals surface area contributed by atoms with Crippen LogP contribution >= 0.6 is 12.2 Å². The lowest BCUT2D eigenvalue weighted by atomic mass is 10.1. The average molecular weight is 256 g/mol. The molecule has 96 valence electrons. The molecule has 0 bridgehead atoms. The lowest BCUT2D eigenvalue weighted by molar-refractivity contribution is -0.121. The first-order valence-electron chi connectivity index (χ1n) is 5.95. The third-order valence-electron chi connectivity index (χ3n) is 2.42. The van der Waals surface area contributed by atoms with Gasteiger partial charge in [-0.3, -0.25) is 9.89 Å². The van der Waals surface area contributed by atoms with Crippen molar-refractivity contribution in [1.29, 1.82) is 0 Å². The van der Waals surface area contributed by atoms with E-state index in [1.54, 1.807) is 0 Å². The highest BCUT2D eigenvalue weighted by Gasteiger charge is 2.06. The van der Waals surface area contributed by atoms with E-state index in [1.807, 2.05) is 25.3 Å². The number of carbonyl (C=O) groups is 1. The number of hydrogen-bond donors (Lipinski definition) is 2. The summed E-state index contributed by atoms with van der Waals surface area (Å²) >= 11 is 5.09. The summed E-state index contributed by atoms with van der Waals surface area (Å²) in [6.07, 6.45) is 1.27. The Morgan fingerprint density at radius 2 is 2.29 bits per heavy atom. The minimum absolute atomic E-state index is 0.0946. The number of hydrogen-bond acceptors (Lipinski definition) is 3. The zero-order valence-corrected chi connectivity index (χ0v) is 11.4. The topological polar surface area (TPSA) is 62.7 Å². The largest absolute Gasteiger partial charge is 0.356 e. The van der Waals surface area contributed by atoms with Crippen LogP contribution < -0.4 is 5.32 Å². The van der Waals surface area contributed by atoms with Crippen LogP contribution in [0.5, 0.6) is 0 Å². The van der Waals surface area contributed by atoms with E-state index in [2.05, 4.69) is 15.5 Å². The van der Waals surface area contributed by atoms with Crippen LogP contribution in [0.4, 0.5) is 0 Å². The van der Waals surface area contributed by atoms with Crippen molar-refractivity contribution in [2.45, 2.75) is 40.2 Å². The number of aromatic amines is 1. The van der Waals surface area contributed by atoms with Crippen molar-refractivity contribution < 1.29 is 4.79 Å². The van der Waals surface area contributed by atoms with Crippen molar-refractivity contribution >= 4 is 18.1 Å². The summed E-state index contributed by atoms with van der Waals surface area (Å²) in [7, 11) is 0. The fourth-order valence-electron chi connectivity index (χ4n) is 1.62. The highest BCUT2D eigenvalue weighted by atomic mass is 32.1. The molecule has 0 saturated heterocycles. The molecule has 0 radical (unpaired) electrons. The third kappa shape index (κ3) is 4.30. The maximum atomic E-state index is 11.4. The highest BCUT2D eigenvalue weighted by Crippen LogP contribution is 2.00. The summed E-state index contributed by atoms with van der Waals surface area (Å²) in [6, 6.07) is 0. The zero-order valence-electron chi connectivity index (χ0n) is 10.6. The van der Waals surface area contributed by atoms with Crippen LogP contribution in [0.25, 0.3) is 0 Å². The Morgan fingerprint density at radius 3 is 2.88 bits per heavy atom. The molecule has 0 aromatic carbocycles. The van der Waals surface area contributed by atoms with Gasteiger partial charge in [0.15, 0.2) is 4.77 Å². The van der Waals surface area contributed by atoms with E-state index in [0.29, 0.717) is 30.1 Å². The van der Waals surface area contributed by atoms with Gasteiger partial charge in [-0.2, -0.15) is 5.10 Å². The fourth-order valence-corrected chi connectivity index (χ4v) is 1.90. The molecule has 0 unspecified atom stereocenters. The Kier molecular flexibility index (Phi) is 5.34. The number of H-pyrrole nitrogens is 1. The van der Waals surface area contributed by atoms with E-state index in [-0.39, 0.29) is 5.91 Å². The van der Waals surface area contributed by atoms with Gasteiger partial charge in [-0.1, -0.05) is 13.8 Å². The molecule has 0 saturated carbocycles. The van der Waals surface area contributed by atoms with Crippen LogP contribution in [0.1, 0.15) is 33.0 Å². The van der Waals surface area contributed by atoms with Gasteiger partial charge in [-0.05, 0) is 25.1 Å². The summed E-state index contributed by atoms with van der Waals surface area (Å²) in [6.45, 7) is 7.48. The SMILES string of the molecule is CCn1c(CCNC(=O)CC(C)C)n[nH]c1=S. The highest BCUT2D eigenvalue weighted by molar-refractivity contribution is 7.71. The maximum absolute atomic E-state index is 11.4. The molecule has 17 heavy (non-hydrogen) atoms. The van der Waals surface area contributed by atoms with Crippen LogP contribution in [0.2, 0.25) is 0 Å². The normalized spacial score (nSPS) is 10.8. The molecule has 1 amide bonds. The summed E-state index contributed by atoms with van der Waals surface area (Å²) in [4.78, 5) is 11.4. The van der Waals surface area contributed by atoms with Crippen molar-refractivity contribution in [2.75, 3.05) is 6.54 Å². The Morgan fingerprint density at radius 1 is 1.59 bits per heavy atom. The molecule has 0 fully saturated rings. The molecule has 0 atom stereocenters. The second-order valence-corrected chi connectivity index (χ2v) is 4.77. The van der Waals surface area contributed by atoms with Gasteiger partial charge in [0, 0.05) is 25.9 Å². The summed E-state index contributed by atoms with van der Waals surface area (Å²) < 4.78 is 2.57. The summed E-state index contributed by atoms with van der Waals surface area (Å²) in [5.74, 6) is 1.37. The molecule has 1 heterocycles. The van der Waals surface area contributed by atoms with Crippen molar-refractivity contribution in [3.8, 4) is 0 Å². The molecule has 1 aromatic heterocycles. The van der Waals surface area contributed by atoms with Crippen LogP contribution in [0.15, 0.2) is 0 Å². The number of rotatable bonds is 6. The monoisotopic (exact) mass is 256 g/mol. The van der Waals surface area contributed by atoms with Gasteiger partial charge in [-0.15, -0.1) is 0 Å². The van der Waals surface area contributed by atoms with E-state index in [0.717, 1.165) is 12.4 Å². The Labute approximate surface area is 107 Å². The minimum atomic E-state index is 0.0946. The first kappa shape index (κ1) is 13.9. The maximum Gasteiger partial charge on any atom is 0.220 e. The van der Waals surface area contributed by atoms with E-state index < -0.39 is 0 Å². The number of aromatic nitrogens is 3. The number of nitrogens with zero attached hydrogens (tertiary/aromatic N) is 2. The minimum Gasteiger partial charge on any atom is -0.356 e. The predicted molar refractivity (Wildman–Crippen MR) is 69.3 cm³/mol. The third-order valence-corrected chi connectivity index (χ3v) is 2.73. The van der Waals surface area contributed by atoms with E-state index in [9.17, 15) is 4.79 Å². The Balaban J connectivity index is 2.41. The molecule has 2 N–H and O–H groups in total. The quantitative estimate of drug-likeness (QED) is 0.761. The number of amides is 1. The smallest absolute Gasteiger partial charge is 0.220 e. The van der Waals surface area contributed by atoms with Crippen molar-refractivity contribution in [1.82, 2.24) is 20.1 Å². The van der Waals surface area contributed by atoms with Gasteiger partial charge in [0.25, 0.3) is 0 Å². The fraction of sp³-hybridized carbons (Fsp3) is 0.727. The Hall–Kier alpha value is -1.17. The molecule has 6 heteroatoms. The van der Waals surface area contributed by atoms with Gasteiger partial charge < -0.3 is 9.88 Å². The Bertz CT molecular complexity index is 421. The molecule has 0 aliphatic carbocycles. The second-order valence-electron chi connectivity index (χ2n) is 4.39. The van der Waals surface area contributed by atoms with Gasteiger partial charge >= 0.3 is 0 Å². The van der Waals surface area contributed by atoms with E-state index in [4.69, 9.17) is 12.2 Å². The molecule has 1 rings (SSSR count). The van der Waals surface area contributed by atoms with Crippen molar-refractivity contribution in [3.05, 3.63) is 10.6 Å². The van der Waals surface area contributed by atoms with Crippen molar-refractivity contribution in [3.63, 3.8) is 0 Å². The van der Waals surface area contributed by atoms with Crippen LogP contribution in [-0.4, -0.2) is 27.2 Å². The lowest BCUT2D eigenvalue weighted by Gasteiger charge is -2.07. The molecule has 0 spiro atoms. The lowest BCUT2D eigenvalue weighted by Crippen LogP contribution is -2.27. The van der Waals surface area contributed by atoms with Crippen LogP contribution in [-0.2, 0) is 17.8 Å². The van der Waals surface area contributed by atoms with Crippen LogP contribution in [0, 0.1) is 10.7 Å². The van der Waals surface area contributed by atoms with E-state index >= 15 is 0 Å². The second kappa shape index (κ2) is 6.54. The number of nitrogens with one attached hydrogen (secondary N) is 2. The molecule has 1 aromatic rings. The van der Waals surface area contributed by atoms with Crippen molar-refractivity contribution in [2.24, 2.45) is 5.92 Å². The standard InChI is InChI=1S/C11H20N4OS/c1-4-15-9(13-14-11(15)17)5-6-12-10(16)7-8(2)3/h8H,4-7H2,1-3H3,(H,12,16)(H,14,17). The van der Waals surface area contributed by atoms with Gasteiger partial charge in [0.05, 0.1) is 0 Å². The zero-order chi connectivity index (χ0) is 12.8. The molecule has 5 nitrogen and oxygen atoms in total. The molecule has 0 aliphatic heterocycles. The van der Waals surface area contributed by atoms with E-state index in [1.165, 1.54) is 0 Å². The van der Waals surface area contributed by atoms with Gasteiger partial charge in [0.1, 0.15) is 5.82 Å². The summed E-state index contributed by atoms with van der Waals surface area (Å²) in [5, 5.41) is 9.78. The molecule has 0 aliphatic rings. The first-order valence-corrected chi connectivity index (χ1v) is 6.36. The summed E-state index contributed by atoms with van der Waals surface area (Å²) in [5.41, 5.74) is 0. The predicted octanol–water partition coefficient (Wildman–Crippen LogP) is 1.67. The molecular formula is C11H20N4OS. The first-order chi connectivity index (χ1) is 8.04. The average Bonchev–Trinajstić information content (AvgIpc) is 2.58. The molecular weight excluding hydrogens is 236 g/mol. The van der Waals surface area contributed by atoms with Gasteiger partial charge in [0.2, 0.25) is 5.91 Å². The number of carbonyl (C=O) groups excluding carboxylic acids is 1. The van der Waals surface area contributed by atoms with Gasteiger partial charge in [-0.25, -0.2) is 0 Å².